The van der Waals surface area contributed by atoms with Gasteiger partial charge in [-0.2, -0.15) is 5.10 Å². The lowest BCUT2D eigenvalue weighted by molar-refractivity contribution is -0.115. The molecule has 1 saturated carbocycles. The van der Waals surface area contributed by atoms with Gasteiger partial charge in [-0.1, -0.05) is 0 Å². The molecule has 1 atom stereocenters. The van der Waals surface area contributed by atoms with Gasteiger partial charge in [0.25, 0.3) is 5.91 Å². The Morgan fingerprint density at radius 1 is 1.14 bits per heavy atom. The maximum atomic E-state index is 13.1. The molecule has 8 nitrogen and oxygen atoms in total. The van der Waals surface area contributed by atoms with E-state index in [2.05, 4.69) is 22.7 Å². The van der Waals surface area contributed by atoms with Crippen molar-refractivity contribution in [2.75, 3.05) is 10.6 Å². The Labute approximate surface area is 169 Å². The molecular formula is C21H25N5O3. The lowest BCUT2D eigenvalue weighted by Crippen LogP contribution is -2.34. The van der Waals surface area contributed by atoms with Crippen LogP contribution in [0.4, 0.5) is 11.5 Å². The second kappa shape index (κ2) is 7.02. The average molecular weight is 395 g/mol. The quantitative estimate of drug-likeness (QED) is 0.814. The van der Waals surface area contributed by atoms with Gasteiger partial charge in [0.15, 0.2) is 5.82 Å². The van der Waals surface area contributed by atoms with Crippen LogP contribution >= 0.6 is 0 Å². The summed E-state index contributed by atoms with van der Waals surface area (Å²) in [4.78, 5) is 38.2. The van der Waals surface area contributed by atoms with Gasteiger partial charge in [-0.15, -0.1) is 0 Å². The molecule has 4 rings (SSSR count). The van der Waals surface area contributed by atoms with Crippen molar-refractivity contribution >= 4 is 29.2 Å². The van der Waals surface area contributed by atoms with Crippen molar-refractivity contribution in [2.24, 2.45) is 13.0 Å². The van der Waals surface area contributed by atoms with Crippen molar-refractivity contribution in [1.82, 2.24) is 14.7 Å². The van der Waals surface area contributed by atoms with Crippen LogP contribution in [0.3, 0.4) is 0 Å². The Balaban J connectivity index is 1.76. The number of nitrogens with one attached hydrogen (secondary N) is 2. The molecule has 0 bridgehead atoms. The summed E-state index contributed by atoms with van der Waals surface area (Å²) in [5.74, 6) is 0.567. The molecule has 1 aromatic carbocycles. The van der Waals surface area contributed by atoms with Gasteiger partial charge in [0.1, 0.15) is 0 Å². The number of hydrogen-bond acceptors (Lipinski definition) is 4. The standard InChI is InChI=1S/C21H25N5O3/c1-11(14-5-6-14)26-10-16-7-15(8-17(22-12(2)27)20(16)21(26)29)18-9-19(23-13(3)28)24-25(18)4/h7-9,11,14H,5-6,10H2,1-4H3,(H,22,27)(H,23,24,28)/t11-/m0/s1. The van der Waals surface area contributed by atoms with Gasteiger partial charge >= 0.3 is 0 Å². The number of amides is 3. The summed E-state index contributed by atoms with van der Waals surface area (Å²) in [5, 5.41) is 9.82. The molecule has 0 radical (unpaired) electrons. The minimum absolute atomic E-state index is 0.0290. The van der Waals surface area contributed by atoms with Gasteiger partial charge in [0.05, 0.1) is 16.9 Å². The number of anilines is 2. The summed E-state index contributed by atoms with van der Waals surface area (Å²) >= 11 is 0. The first-order valence-electron chi connectivity index (χ1n) is 9.82. The number of benzene rings is 1. The Bertz CT molecular complexity index is 1020. The summed E-state index contributed by atoms with van der Waals surface area (Å²) in [7, 11) is 1.79. The molecular weight excluding hydrogens is 370 g/mol. The maximum absolute atomic E-state index is 13.1. The van der Waals surface area contributed by atoms with E-state index in [1.54, 1.807) is 23.9 Å². The van der Waals surface area contributed by atoms with Gasteiger partial charge < -0.3 is 15.5 Å². The molecule has 2 aromatic rings. The number of nitrogens with zero attached hydrogens (tertiary/aromatic N) is 3. The number of carbonyl (C=O) groups is 3. The molecule has 1 aromatic heterocycles. The predicted octanol–water partition coefficient (Wildman–Crippen LogP) is 2.76. The first kappa shape index (κ1) is 19.2. The summed E-state index contributed by atoms with van der Waals surface area (Å²) < 4.78 is 1.67. The molecule has 3 amide bonds. The normalized spacial score (nSPS) is 16.6. The summed E-state index contributed by atoms with van der Waals surface area (Å²) in [5.41, 5.74) is 3.59. The molecule has 2 heterocycles. The number of rotatable bonds is 5. The van der Waals surface area contributed by atoms with E-state index in [1.165, 1.54) is 13.8 Å². The molecule has 1 aliphatic carbocycles. The van der Waals surface area contributed by atoms with Crippen molar-refractivity contribution in [1.29, 1.82) is 0 Å². The maximum Gasteiger partial charge on any atom is 0.256 e. The first-order valence-corrected chi connectivity index (χ1v) is 9.82. The van der Waals surface area contributed by atoms with E-state index in [0.717, 1.165) is 29.7 Å². The molecule has 0 unspecified atom stereocenters. The predicted molar refractivity (Wildman–Crippen MR) is 109 cm³/mol. The highest BCUT2D eigenvalue weighted by Gasteiger charge is 2.40. The molecule has 1 aliphatic heterocycles. The molecule has 0 saturated heterocycles. The van der Waals surface area contributed by atoms with E-state index >= 15 is 0 Å². The summed E-state index contributed by atoms with van der Waals surface area (Å²) in [6, 6.07) is 5.75. The highest BCUT2D eigenvalue weighted by Crippen LogP contribution is 2.41. The fourth-order valence-electron chi connectivity index (χ4n) is 4.06. The number of hydrogen-bond donors (Lipinski definition) is 2. The minimum Gasteiger partial charge on any atom is -0.331 e. The van der Waals surface area contributed by atoms with Crippen LogP contribution < -0.4 is 10.6 Å². The van der Waals surface area contributed by atoms with E-state index in [1.807, 2.05) is 11.0 Å². The zero-order chi connectivity index (χ0) is 20.9. The highest BCUT2D eigenvalue weighted by atomic mass is 16.2. The lowest BCUT2D eigenvalue weighted by atomic mass is 10.0. The van der Waals surface area contributed by atoms with Crippen molar-refractivity contribution in [3.05, 3.63) is 29.3 Å². The highest BCUT2D eigenvalue weighted by molar-refractivity contribution is 6.07. The van der Waals surface area contributed by atoms with Crippen LogP contribution in [0, 0.1) is 5.92 Å². The average Bonchev–Trinajstić information content (AvgIpc) is 3.33. The fraction of sp³-hybridized carbons (Fsp3) is 0.429. The third kappa shape index (κ3) is 3.62. The van der Waals surface area contributed by atoms with Crippen molar-refractivity contribution in [2.45, 2.75) is 46.2 Å². The van der Waals surface area contributed by atoms with Crippen molar-refractivity contribution in [3.8, 4) is 11.3 Å². The Hall–Kier alpha value is -3.16. The zero-order valence-corrected chi connectivity index (χ0v) is 17.1. The molecule has 29 heavy (non-hydrogen) atoms. The fourth-order valence-corrected chi connectivity index (χ4v) is 4.06. The van der Waals surface area contributed by atoms with Crippen LogP contribution in [-0.4, -0.2) is 38.4 Å². The SMILES string of the molecule is CC(=O)Nc1cc(-c2cc3c(c(NC(C)=O)c2)C(=O)N([C@@H](C)C2CC2)C3)n(C)n1. The topological polar surface area (TPSA) is 96.3 Å². The Morgan fingerprint density at radius 2 is 1.83 bits per heavy atom. The molecule has 152 valence electrons. The Morgan fingerprint density at radius 3 is 2.45 bits per heavy atom. The van der Waals surface area contributed by atoms with Crippen molar-refractivity contribution < 1.29 is 14.4 Å². The number of aryl methyl sites for hydroxylation is 1. The Kier molecular flexibility index (Phi) is 4.64. The van der Waals surface area contributed by atoms with E-state index in [0.29, 0.717) is 29.5 Å². The van der Waals surface area contributed by atoms with Crippen LogP contribution in [0.25, 0.3) is 11.3 Å². The number of aromatic nitrogens is 2. The van der Waals surface area contributed by atoms with Gasteiger partial charge in [0, 0.05) is 45.1 Å². The molecule has 1 fully saturated rings. The van der Waals surface area contributed by atoms with E-state index in [-0.39, 0.29) is 23.8 Å². The van der Waals surface area contributed by atoms with Gasteiger partial charge in [-0.3, -0.25) is 19.1 Å². The zero-order valence-electron chi connectivity index (χ0n) is 17.1. The second-order valence-corrected chi connectivity index (χ2v) is 7.97. The largest absolute Gasteiger partial charge is 0.331 e. The van der Waals surface area contributed by atoms with Crippen LogP contribution in [0.5, 0.6) is 0 Å². The molecule has 2 aliphatic rings. The van der Waals surface area contributed by atoms with Crippen LogP contribution in [0.1, 0.15) is 49.5 Å². The molecule has 8 heteroatoms. The third-order valence-electron chi connectivity index (χ3n) is 5.62. The lowest BCUT2D eigenvalue weighted by Gasteiger charge is -2.24. The number of fused-ring (bicyclic) bond motifs is 1. The van der Waals surface area contributed by atoms with Gasteiger partial charge in [-0.25, -0.2) is 0 Å². The molecule has 2 N–H and O–H groups in total. The number of carbonyl (C=O) groups excluding carboxylic acids is 3. The van der Waals surface area contributed by atoms with Gasteiger partial charge in [-0.05, 0) is 43.4 Å². The van der Waals surface area contributed by atoms with E-state index in [4.69, 9.17) is 0 Å². The van der Waals surface area contributed by atoms with Crippen LogP contribution in [-0.2, 0) is 23.2 Å². The second-order valence-electron chi connectivity index (χ2n) is 7.97. The van der Waals surface area contributed by atoms with Crippen LogP contribution in [0.15, 0.2) is 18.2 Å². The van der Waals surface area contributed by atoms with Gasteiger partial charge in [0.2, 0.25) is 11.8 Å². The minimum atomic E-state index is -0.227. The first-order chi connectivity index (χ1) is 13.7. The summed E-state index contributed by atoms with van der Waals surface area (Å²) in [6.07, 6.45) is 2.32. The van der Waals surface area contributed by atoms with E-state index < -0.39 is 0 Å². The summed E-state index contributed by atoms with van der Waals surface area (Å²) in [6.45, 7) is 5.49. The van der Waals surface area contributed by atoms with E-state index in [9.17, 15) is 14.4 Å². The van der Waals surface area contributed by atoms with Crippen LogP contribution in [0.2, 0.25) is 0 Å². The third-order valence-corrected chi connectivity index (χ3v) is 5.62. The van der Waals surface area contributed by atoms with Crippen molar-refractivity contribution in [3.63, 3.8) is 0 Å². The smallest absolute Gasteiger partial charge is 0.256 e. The monoisotopic (exact) mass is 395 g/mol. The molecule has 0 spiro atoms.